The van der Waals surface area contributed by atoms with E-state index in [1.807, 2.05) is 25.1 Å². The van der Waals surface area contributed by atoms with Crippen molar-refractivity contribution in [1.82, 2.24) is 5.32 Å². The van der Waals surface area contributed by atoms with Gasteiger partial charge in [-0.2, -0.15) is 0 Å². The summed E-state index contributed by atoms with van der Waals surface area (Å²) >= 11 is 0. The van der Waals surface area contributed by atoms with Gasteiger partial charge in [0.2, 0.25) is 0 Å². The van der Waals surface area contributed by atoms with Crippen LogP contribution in [-0.2, 0) is 11.3 Å². The number of benzene rings is 1. The third kappa shape index (κ3) is 4.17. The highest BCUT2D eigenvalue weighted by Gasteiger charge is 2.05. The van der Waals surface area contributed by atoms with Crippen LogP contribution in [0.2, 0.25) is 0 Å². The van der Waals surface area contributed by atoms with Crippen molar-refractivity contribution in [3.63, 3.8) is 0 Å². The lowest BCUT2D eigenvalue weighted by Gasteiger charge is -2.10. The SMILES string of the molecule is C#CCNC(=O)COc1ccc(C)cc1CN. The fourth-order valence-electron chi connectivity index (χ4n) is 1.35. The molecule has 90 valence electrons. The molecule has 0 aliphatic heterocycles. The second kappa shape index (κ2) is 6.56. The zero-order valence-electron chi connectivity index (χ0n) is 9.82. The zero-order chi connectivity index (χ0) is 12.7. The van der Waals surface area contributed by atoms with Gasteiger partial charge in [-0.05, 0) is 13.0 Å². The van der Waals surface area contributed by atoms with Crippen molar-refractivity contribution in [2.24, 2.45) is 5.73 Å². The zero-order valence-corrected chi connectivity index (χ0v) is 9.82. The molecule has 0 aromatic heterocycles. The minimum atomic E-state index is -0.244. The molecular formula is C13H16N2O2. The molecule has 0 aliphatic carbocycles. The summed E-state index contributed by atoms with van der Waals surface area (Å²) in [6.45, 7) is 2.50. The predicted octanol–water partition coefficient (Wildman–Crippen LogP) is 0.582. The largest absolute Gasteiger partial charge is 0.483 e. The Kier molecular flexibility index (Phi) is 5.05. The Morgan fingerprint density at radius 3 is 3.00 bits per heavy atom. The summed E-state index contributed by atoms with van der Waals surface area (Å²) < 4.78 is 5.38. The van der Waals surface area contributed by atoms with E-state index in [0.717, 1.165) is 11.1 Å². The van der Waals surface area contributed by atoms with Crippen LogP contribution in [0.4, 0.5) is 0 Å². The first-order chi connectivity index (χ1) is 8.17. The summed E-state index contributed by atoms with van der Waals surface area (Å²) in [7, 11) is 0. The quantitative estimate of drug-likeness (QED) is 0.730. The van der Waals surface area contributed by atoms with E-state index in [1.54, 1.807) is 0 Å². The summed E-state index contributed by atoms with van der Waals surface area (Å²) in [6, 6.07) is 5.66. The first-order valence-corrected chi connectivity index (χ1v) is 5.30. The number of amides is 1. The lowest BCUT2D eigenvalue weighted by Crippen LogP contribution is -2.29. The molecule has 1 aromatic carbocycles. The van der Waals surface area contributed by atoms with Gasteiger partial charge in [-0.15, -0.1) is 6.42 Å². The van der Waals surface area contributed by atoms with E-state index < -0.39 is 0 Å². The Hall–Kier alpha value is -1.99. The smallest absolute Gasteiger partial charge is 0.258 e. The van der Waals surface area contributed by atoms with Crippen LogP contribution in [0.25, 0.3) is 0 Å². The Bertz CT molecular complexity index is 436. The molecule has 17 heavy (non-hydrogen) atoms. The maximum Gasteiger partial charge on any atom is 0.258 e. The van der Waals surface area contributed by atoms with Crippen LogP contribution < -0.4 is 15.8 Å². The van der Waals surface area contributed by atoms with Gasteiger partial charge in [-0.1, -0.05) is 23.6 Å². The standard InChI is InChI=1S/C13H16N2O2/c1-3-6-15-13(16)9-17-12-5-4-10(2)7-11(12)8-14/h1,4-5,7H,6,8-9,14H2,2H3,(H,15,16). The van der Waals surface area contributed by atoms with E-state index >= 15 is 0 Å². The molecule has 3 N–H and O–H groups in total. The van der Waals surface area contributed by atoms with Crippen LogP contribution >= 0.6 is 0 Å². The lowest BCUT2D eigenvalue weighted by atomic mass is 10.1. The van der Waals surface area contributed by atoms with E-state index in [-0.39, 0.29) is 19.1 Å². The van der Waals surface area contributed by atoms with Crippen molar-refractivity contribution >= 4 is 5.91 Å². The summed E-state index contributed by atoms with van der Waals surface area (Å²) in [6.07, 6.45) is 5.02. The van der Waals surface area contributed by atoms with Crippen LogP contribution in [0.1, 0.15) is 11.1 Å². The topological polar surface area (TPSA) is 64.3 Å². The lowest BCUT2D eigenvalue weighted by molar-refractivity contribution is -0.122. The number of nitrogens with two attached hydrogens (primary N) is 1. The minimum Gasteiger partial charge on any atom is -0.483 e. The van der Waals surface area contributed by atoms with Gasteiger partial charge in [0.15, 0.2) is 6.61 Å². The predicted molar refractivity (Wildman–Crippen MR) is 66.4 cm³/mol. The van der Waals surface area contributed by atoms with Crippen molar-refractivity contribution < 1.29 is 9.53 Å². The highest BCUT2D eigenvalue weighted by molar-refractivity contribution is 5.77. The van der Waals surface area contributed by atoms with Crippen molar-refractivity contribution in [3.8, 4) is 18.1 Å². The van der Waals surface area contributed by atoms with Gasteiger partial charge in [0.1, 0.15) is 5.75 Å². The molecule has 0 radical (unpaired) electrons. The van der Waals surface area contributed by atoms with Gasteiger partial charge in [0, 0.05) is 12.1 Å². The Morgan fingerprint density at radius 2 is 2.35 bits per heavy atom. The van der Waals surface area contributed by atoms with Crippen molar-refractivity contribution in [2.75, 3.05) is 13.2 Å². The van der Waals surface area contributed by atoms with Gasteiger partial charge in [0.05, 0.1) is 6.54 Å². The first kappa shape index (κ1) is 13.1. The molecule has 0 saturated heterocycles. The summed E-state index contributed by atoms with van der Waals surface area (Å²) in [5.41, 5.74) is 7.59. The summed E-state index contributed by atoms with van der Waals surface area (Å²) in [5.74, 6) is 2.71. The van der Waals surface area contributed by atoms with Crippen LogP contribution in [-0.4, -0.2) is 19.1 Å². The number of rotatable bonds is 5. The van der Waals surface area contributed by atoms with Crippen LogP contribution in [0.5, 0.6) is 5.75 Å². The molecule has 4 nitrogen and oxygen atoms in total. The molecule has 1 amide bonds. The fourth-order valence-corrected chi connectivity index (χ4v) is 1.35. The molecule has 0 atom stereocenters. The third-order valence-electron chi connectivity index (χ3n) is 2.18. The van der Waals surface area contributed by atoms with E-state index in [0.29, 0.717) is 12.3 Å². The normalized spacial score (nSPS) is 9.47. The van der Waals surface area contributed by atoms with Gasteiger partial charge in [-0.25, -0.2) is 0 Å². The maximum atomic E-state index is 11.3. The van der Waals surface area contributed by atoms with Gasteiger partial charge < -0.3 is 15.8 Å². The molecule has 1 rings (SSSR count). The highest BCUT2D eigenvalue weighted by atomic mass is 16.5. The second-order valence-electron chi connectivity index (χ2n) is 3.58. The Balaban J connectivity index is 2.57. The maximum absolute atomic E-state index is 11.3. The Morgan fingerprint density at radius 1 is 1.59 bits per heavy atom. The number of nitrogens with one attached hydrogen (secondary N) is 1. The molecule has 0 unspecified atom stereocenters. The van der Waals surface area contributed by atoms with Crippen LogP contribution in [0, 0.1) is 19.3 Å². The monoisotopic (exact) mass is 232 g/mol. The number of ether oxygens (including phenoxy) is 1. The van der Waals surface area contributed by atoms with Crippen LogP contribution in [0.3, 0.4) is 0 Å². The van der Waals surface area contributed by atoms with Crippen molar-refractivity contribution in [2.45, 2.75) is 13.5 Å². The molecule has 0 aliphatic rings. The number of hydrogen-bond donors (Lipinski definition) is 2. The molecule has 1 aromatic rings. The number of terminal acetylenes is 1. The highest BCUT2D eigenvalue weighted by Crippen LogP contribution is 2.19. The van der Waals surface area contributed by atoms with Gasteiger partial charge in [-0.3, -0.25) is 4.79 Å². The second-order valence-corrected chi connectivity index (χ2v) is 3.58. The van der Waals surface area contributed by atoms with Crippen molar-refractivity contribution in [1.29, 1.82) is 0 Å². The molecule has 0 bridgehead atoms. The van der Waals surface area contributed by atoms with Crippen molar-refractivity contribution in [3.05, 3.63) is 29.3 Å². The molecule has 4 heteroatoms. The average molecular weight is 232 g/mol. The van der Waals surface area contributed by atoms with E-state index in [2.05, 4.69) is 11.2 Å². The average Bonchev–Trinajstić information content (AvgIpc) is 2.34. The molecular weight excluding hydrogens is 216 g/mol. The summed E-state index contributed by atoms with van der Waals surface area (Å²) in [5, 5.41) is 2.52. The summed E-state index contributed by atoms with van der Waals surface area (Å²) in [4.78, 5) is 11.3. The van der Waals surface area contributed by atoms with E-state index in [9.17, 15) is 4.79 Å². The van der Waals surface area contributed by atoms with Crippen LogP contribution in [0.15, 0.2) is 18.2 Å². The third-order valence-corrected chi connectivity index (χ3v) is 2.18. The fraction of sp³-hybridized carbons (Fsp3) is 0.308. The van der Waals surface area contributed by atoms with E-state index in [1.165, 1.54) is 0 Å². The minimum absolute atomic E-state index is 0.0578. The number of aryl methyl sites for hydroxylation is 1. The Labute approximate surface area is 101 Å². The number of carbonyl (C=O) groups is 1. The molecule has 0 heterocycles. The number of hydrogen-bond acceptors (Lipinski definition) is 3. The molecule has 0 fully saturated rings. The molecule has 0 spiro atoms. The van der Waals surface area contributed by atoms with Gasteiger partial charge in [0.25, 0.3) is 5.91 Å². The number of carbonyl (C=O) groups excluding carboxylic acids is 1. The van der Waals surface area contributed by atoms with Gasteiger partial charge >= 0.3 is 0 Å². The molecule has 0 saturated carbocycles. The first-order valence-electron chi connectivity index (χ1n) is 5.30. The van der Waals surface area contributed by atoms with E-state index in [4.69, 9.17) is 16.9 Å².